The number of amides is 2. The van der Waals surface area contributed by atoms with Gasteiger partial charge in [-0.05, 0) is 42.2 Å². The molecule has 2 saturated heterocycles. The number of aromatic amines is 1. The number of fused-ring (bicyclic) bond motifs is 1. The molecule has 2 aliphatic heterocycles. The summed E-state index contributed by atoms with van der Waals surface area (Å²) in [5, 5.41) is 19.0. The summed E-state index contributed by atoms with van der Waals surface area (Å²) in [4.78, 5) is 31.3. The highest BCUT2D eigenvalue weighted by Crippen LogP contribution is 2.35. The monoisotopic (exact) mass is 558 g/mol. The predicted molar refractivity (Wildman–Crippen MR) is 149 cm³/mol. The molecule has 0 radical (unpaired) electrons. The van der Waals surface area contributed by atoms with Crippen LogP contribution in [0.2, 0.25) is 10.2 Å². The zero-order valence-electron chi connectivity index (χ0n) is 21.7. The van der Waals surface area contributed by atoms with Crippen molar-refractivity contribution in [3.8, 4) is 0 Å². The Bertz CT molecular complexity index is 1390. The smallest absolute Gasteiger partial charge is 0.271 e. The Hall–Kier alpha value is -3.08. The van der Waals surface area contributed by atoms with Gasteiger partial charge in [0.05, 0.1) is 18.1 Å². The van der Waals surface area contributed by atoms with Crippen molar-refractivity contribution in [2.45, 2.75) is 51.2 Å². The number of H-pyrrole nitrogens is 1. The fraction of sp³-hybridized carbons (Fsp3) is 0.462. The summed E-state index contributed by atoms with van der Waals surface area (Å²) in [6.07, 6.45) is 2.13. The van der Waals surface area contributed by atoms with E-state index in [0.717, 1.165) is 29.4 Å². The molecule has 12 heteroatoms. The molecule has 38 heavy (non-hydrogen) atoms. The third-order valence-corrected chi connectivity index (χ3v) is 7.71. The lowest BCUT2D eigenvalue weighted by Gasteiger charge is -2.39. The molecule has 0 bridgehead atoms. The summed E-state index contributed by atoms with van der Waals surface area (Å²) < 4.78 is 1.93. The van der Waals surface area contributed by atoms with Gasteiger partial charge in [-0.2, -0.15) is 5.10 Å². The van der Waals surface area contributed by atoms with Gasteiger partial charge in [-0.15, -0.1) is 0 Å². The van der Waals surface area contributed by atoms with Crippen LogP contribution in [0, 0.1) is 0 Å². The van der Waals surface area contributed by atoms with E-state index in [1.165, 1.54) is 6.08 Å². The normalized spacial score (nSPS) is 18.0. The van der Waals surface area contributed by atoms with Gasteiger partial charge in [0.25, 0.3) is 5.91 Å². The van der Waals surface area contributed by atoms with Gasteiger partial charge in [-0.1, -0.05) is 50.6 Å². The number of likely N-dealkylation sites (tertiary alicyclic amines) is 1. The van der Waals surface area contributed by atoms with E-state index in [0.29, 0.717) is 48.5 Å². The Morgan fingerprint density at radius 2 is 2.03 bits per heavy atom. The summed E-state index contributed by atoms with van der Waals surface area (Å²) in [7, 11) is 0. The Balaban J connectivity index is 1.39. The number of nitrogens with one attached hydrogen (secondary N) is 4. The number of rotatable bonds is 7. The van der Waals surface area contributed by atoms with Crippen LogP contribution < -0.4 is 16.0 Å². The summed E-state index contributed by atoms with van der Waals surface area (Å²) in [5.41, 5.74) is 2.06. The van der Waals surface area contributed by atoms with Crippen LogP contribution in [0.5, 0.6) is 0 Å². The molecule has 5 rings (SSSR count). The van der Waals surface area contributed by atoms with Crippen LogP contribution in [0.4, 0.5) is 5.82 Å². The second-order valence-corrected chi connectivity index (χ2v) is 11.6. The molecule has 0 aliphatic carbocycles. The number of hydrogen-bond donors (Lipinski definition) is 4. The first kappa shape index (κ1) is 26.5. The van der Waals surface area contributed by atoms with Crippen molar-refractivity contribution < 1.29 is 9.59 Å². The Labute approximate surface area is 231 Å². The van der Waals surface area contributed by atoms with Crippen molar-refractivity contribution in [1.29, 1.82) is 0 Å². The van der Waals surface area contributed by atoms with E-state index >= 15 is 0 Å². The number of nitrogens with zero attached hydrogens (tertiary/aromatic N) is 4. The van der Waals surface area contributed by atoms with Crippen molar-refractivity contribution in [2.24, 2.45) is 0 Å². The number of imidazole rings is 1. The first-order chi connectivity index (χ1) is 18.1. The van der Waals surface area contributed by atoms with Crippen LogP contribution in [-0.4, -0.2) is 68.7 Å². The molecule has 2 aliphatic rings. The molecule has 1 aromatic carbocycles. The third-order valence-electron chi connectivity index (χ3n) is 7.13. The number of hydrogen-bond acceptors (Lipinski definition) is 6. The van der Waals surface area contributed by atoms with Crippen LogP contribution in [0.3, 0.4) is 0 Å². The fourth-order valence-electron chi connectivity index (χ4n) is 5.07. The van der Waals surface area contributed by atoms with Crippen LogP contribution in [0.1, 0.15) is 55.1 Å². The summed E-state index contributed by atoms with van der Waals surface area (Å²) >= 11 is 13.1. The van der Waals surface area contributed by atoms with E-state index in [4.69, 9.17) is 23.2 Å². The number of anilines is 1. The molecule has 1 atom stereocenters. The maximum absolute atomic E-state index is 13.3. The molecule has 3 aromatic rings. The largest absolute Gasteiger partial charge is 0.361 e. The van der Waals surface area contributed by atoms with Crippen molar-refractivity contribution in [3.63, 3.8) is 0 Å². The molecular weight excluding hydrogens is 527 g/mol. The first-order valence-corrected chi connectivity index (χ1v) is 13.4. The Morgan fingerprint density at radius 3 is 2.68 bits per heavy atom. The second-order valence-electron chi connectivity index (χ2n) is 10.9. The van der Waals surface area contributed by atoms with Gasteiger partial charge < -0.3 is 25.4 Å². The van der Waals surface area contributed by atoms with E-state index in [1.807, 2.05) is 10.6 Å². The minimum atomic E-state index is -0.300. The number of benzene rings is 1. The van der Waals surface area contributed by atoms with E-state index in [1.54, 1.807) is 4.90 Å². The van der Waals surface area contributed by atoms with Crippen molar-refractivity contribution in [3.05, 3.63) is 52.0 Å². The zero-order valence-corrected chi connectivity index (χ0v) is 23.2. The summed E-state index contributed by atoms with van der Waals surface area (Å²) in [5.74, 6) is 0.870. The third kappa shape index (κ3) is 5.00. The van der Waals surface area contributed by atoms with Crippen LogP contribution in [0.15, 0.2) is 24.8 Å². The lowest BCUT2D eigenvalue weighted by molar-refractivity contribution is -0.130. The Morgan fingerprint density at radius 1 is 1.26 bits per heavy atom. The average Bonchev–Trinajstić information content (AvgIpc) is 3.56. The molecule has 0 unspecified atom stereocenters. The van der Waals surface area contributed by atoms with Gasteiger partial charge in [0.15, 0.2) is 11.0 Å². The minimum absolute atomic E-state index is 0.0370. The van der Waals surface area contributed by atoms with E-state index in [9.17, 15) is 9.59 Å². The molecular formula is C26H32Cl2N8O2. The number of carbonyl (C=O) groups excluding carboxylic acids is 2. The number of carbonyl (C=O) groups is 2. The molecule has 10 nitrogen and oxygen atoms in total. The van der Waals surface area contributed by atoms with E-state index in [-0.39, 0.29) is 34.5 Å². The zero-order chi connectivity index (χ0) is 27.2. The van der Waals surface area contributed by atoms with Gasteiger partial charge in [-0.25, -0.2) is 4.98 Å². The van der Waals surface area contributed by atoms with Crippen LogP contribution >= 0.6 is 23.2 Å². The quantitative estimate of drug-likeness (QED) is 0.328. The van der Waals surface area contributed by atoms with Crippen molar-refractivity contribution in [2.75, 3.05) is 31.5 Å². The lowest BCUT2D eigenvalue weighted by Crippen LogP contribution is -2.60. The van der Waals surface area contributed by atoms with Crippen molar-refractivity contribution >= 4 is 51.7 Å². The molecule has 0 spiro atoms. The molecule has 2 amide bonds. The average molecular weight is 560 g/mol. The summed E-state index contributed by atoms with van der Waals surface area (Å²) in [6.45, 7) is 12.6. The SMILES string of the molecule is C=CC(=O)N1CC(NC(=O)c2c(Cl)nc(CNc3n[nH]c4cc(Cl)c(C(C)(C)C)cc34)n2[C@@H]2CCNC2)C1. The Kier molecular flexibility index (Phi) is 7.15. The van der Waals surface area contributed by atoms with E-state index in [2.05, 4.69) is 64.5 Å². The maximum atomic E-state index is 13.3. The molecule has 4 N–H and O–H groups in total. The van der Waals surface area contributed by atoms with Crippen LogP contribution in [-0.2, 0) is 16.8 Å². The highest BCUT2D eigenvalue weighted by Gasteiger charge is 2.34. The molecule has 4 heterocycles. The lowest BCUT2D eigenvalue weighted by atomic mass is 9.86. The highest BCUT2D eigenvalue weighted by molar-refractivity contribution is 6.32. The first-order valence-electron chi connectivity index (χ1n) is 12.7. The predicted octanol–water partition coefficient (Wildman–Crippen LogP) is 3.64. The molecule has 0 saturated carbocycles. The fourth-order valence-corrected chi connectivity index (χ4v) is 5.79. The summed E-state index contributed by atoms with van der Waals surface area (Å²) in [6, 6.07) is 3.84. The van der Waals surface area contributed by atoms with Gasteiger partial charge in [0, 0.05) is 36.1 Å². The standard InChI is InChI=1S/C26H32Cl2N8O2/c1-5-21(37)35-12-14(13-35)31-25(38)22-23(28)32-20(36(22)15-6-7-29-10-15)11-30-24-16-8-17(26(2,3)4)18(27)9-19(16)33-34-24/h5,8-9,14-15,29H,1,6-7,10-13H2,2-4H3,(H,31,38)(H2,30,33,34)/t15-/m1/s1. The van der Waals surface area contributed by atoms with Gasteiger partial charge in [-0.3, -0.25) is 14.7 Å². The van der Waals surface area contributed by atoms with Crippen LogP contribution in [0.25, 0.3) is 10.9 Å². The number of aromatic nitrogens is 4. The number of halogens is 2. The van der Waals surface area contributed by atoms with Gasteiger partial charge in [0.1, 0.15) is 11.5 Å². The maximum Gasteiger partial charge on any atom is 0.271 e. The minimum Gasteiger partial charge on any atom is -0.361 e. The topological polar surface area (TPSA) is 120 Å². The molecule has 2 aromatic heterocycles. The highest BCUT2D eigenvalue weighted by atomic mass is 35.5. The second kappa shape index (κ2) is 10.2. The molecule has 202 valence electrons. The van der Waals surface area contributed by atoms with Gasteiger partial charge >= 0.3 is 0 Å². The van der Waals surface area contributed by atoms with Gasteiger partial charge in [0.2, 0.25) is 5.91 Å². The molecule has 2 fully saturated rings. The van der Waals surface area contributed by atoms with Crippen molar-refractivity contribution in [1.82, 2.24) is 35.3 Å². The van der Waals surface area contributed by atoms with E-state index < -0.39 is 0 Å².